The largest absolute Gasteiger partial charge is 0.297 e. The van der Waals surface area contributed by atoms with Crippen molar-refractivity contribution < 1.29 is 0 Å². The van der Waals surface area contributed by atoms with Gasteiger partial charge in [-0.15, -0.1) is 0 Å². The molecule has 0 aromatic carbocycles. The monoisotopic (exact) mass is 218 g/mol. The quantitative estimate of drug-likeness (QED) is 0.726. The van der Waals surface area contributed by atoms with Crippen molar-refractivity contribution in [1.29, 1.82) is 0 Å². The van der Waals surface area contributed by atoms with Crippen molar-refractivity contribution in [3.05, 3.63) is 30.9 Å². The fourth-order valence-electron chi connectivity index (χ4n) is 1.96. The van der Waals surface area contributed by atoms with E-state index in [0.717, 1.165) is 26.2 Å². The third kappa shape index (κ3) is 1.83. The van der Waals surface area contributed by atoms with Gasteiger partial charge in [0.2, 0.25) is 0 Å². The van der Waals surface area contributed by atoms with E-state index in [1.54, 1.807) is 17.2 Å². The van der Waals surface area contributed by atoms with E-state index in [0.29, 0.717) is 6.04 Å². The Morgan fingerprint density at radius 2 is 1.81 bits per heavy atom. The van der Waals surface area contributed by atoms with Gasteiger partial charge in [0, 0.05) is 32.0 Å². The molecule has 0 bridgehead atoms. The Morgan fingerprint density at radius 3 is 2.50 bits per heavy atom. The molecule has 1 aliphatic heterocycles. The van der Waals surface area contributed by atoms with Crippen molar-refractivity contribution in [2.75, 3.05) is 19.6 Å². The molecule has 0 aliphatic carbocycles. The van der Waals surface area contributed by atoms with Crippen molar-refractivity contribution in [3.8, 4) is 0 Å². The summed E-state index contributed by atoms with van der Waals surface area (Å²) in [5.74, 6) is 0. The van der Waals surface area contributed by atoms with Gasteiger partial charge in [-0.25, -0.2) is 0 Å². The summed E-state index contributed by atoms with van der Waals surface area (Å²) in [6.07, 6.45) is 7.26. The maximum atomic E-state index is 4.18. The zero-order valence-corrected chi connectivity index (χ0v) is 8.98. The molecule has 0 radical (unpaired) electrons. The molecule has 2 aromatic heterocycles. The van der Waals surface area contributed by atoms with Crippen molar-refractivity contribution in [1.82, 2.24) is 29.7 Å². The number of hydrogen-bond donors (Lipinski definition) is 0. The Bertz CT molecular complexity index is 411. The minimum Gasteiger partial charge on any atom is -0.297 e. The van der Waals surface area contributed by atoms with E-state index in [-0.39, 0.29) is 0 Å². The highest BCUT2D eigenvalue weighted by atomic mass is 15.5. The normalized spacial score (nSPS) is 17.5. The summed E-state index contributed by atoms with van der Waals surface area (Å²) in [4.78, 5) is 4.18. The van der Waals surface area contributed by atoms with Gasteiger partial charge >= 0.3 is 0 Å². The predicted molar refractivity (Wildman–Crippen MR) is 57.7 cm³/mol. The number of hydrogen-bond acceptors (Lipinski definition) is 4. The van der Waals surface area contributed by atoms with Crippen LogP contribution in [-0.4, -0.2) is 49.3 Å². The Kier molecular flexibility index (Phi) is 2.41. The molecule has 1 fully saturated rings. The summed E-state index contributed by atoms with van der Waals surface area (Å²) in [5.41, 5.74) is 0. The van der Waals surface area contributed by atoms with E-state index in [1.807, 2.05) is 23.1 Å². The standard InChI is InChI=1S/C10H14N6/c1-2-11-15(5-1)7-6-14-8-10(9-14)16-12-3-4-13-16/h1-5,10H,6-9H2. The van der Waals surface area contributed by atoms with Crippen LogP contribution in [0.15, 0.2) is 30.9 Å². The molecule has 1 aliphatic rings. The highest BCUT2D eigenvalue weighted by molar-refractivity contribution is 4.84. The van der Waals surface area contributed by atoms with Crippen LogP contribution in [0.5, 0.6) is 0 Å². The predicted octanol–water partition coefficient (Wildman–Crippen LogP) is 0.0315. The average Bonchev–Trinajstić information content (AvgIpc) is 2.85. The minimum atomic E-state index is 0.452. The van der Waals surface area contributed by atoms with Gasteiger partial charge in [0.15, 0.2) is 0 Å². The third-order valence-electron chi connectivity index (χ3n) is 2.91. The Labute approximate surface area is 93.5 Å². The molecule has 3 heterocycles. The van der Waals surface area contributed by atoms with Crippen LogP contribution in [-0.2, 0) is 6.54 Å². The Morgan fingerprint density at radius 1 is 1.00 bits per heavy atom. The SMILES string of the molecule is c1cnn(CCN2CC(n3nccn3)C2)c1. The zero-order chi connectivity index (χ0) is 10.8. The molecule has 84 valence electrons. The van der Waals surface area contributed by atoms with Gasteiger partial charge < -0.3 is 0 Å². The lowest BCUT2D eigenvalue weighted by molar-refractivity contribution is 0.0840. The molecule has 3 rings (SSSR count). The molecule has 6 heteroatoms. The molecular weight excluding hydrogens is 204 g/mol. The highest BCUT2D eigenvalue weighted by Crippen LogP contribution is 2.18. The minimum absolute atomic E-state index is 0.452. The summed E-state index contributed by atoms with van der Waals surface area (Å²) in [6.45, 7) is 4.07. The molecule has 0 unspecified atom stereocenters. The van der Waals surface area contributed by atoms with Crippen LogP contribution in [0.4, 0.5) is 0 Å². The summed E-state index contributed by atoms with van der Waals surface area (Å²) in [7, 11) is 0. The lowest BCUT2D eigenvalue weighted by atomic mass is 10.1. The van der Waals surface area contributed by atoms with Crippen LogP contribution in [0, 0.1) is 0 Å². The summed E-state index contributed by atoms with van der Waals surface area (Å²) < 4.78 is 1.96. The van der Waals surface area contributed by atoms with Crippen molar-refractivity contribution in [2.24, 2.45) is 0 Å². The number of aromatic nitrogens is 5. The molecule has 2 aromatic rings. The maximum absolute atomic E-state index is 4.18. The fourth-order valence-corrected chi connectivity index (χ4v) is 1.96. The zero-order valence-electron chi connectivity index (χ0n) is 8.98. The second-order valence-electron chi connectivity index (χ2n) is 4.03. The van der Waals surface area contributed by atoms with Gasteiger partial charge in [-0.1, -0.05) is 0 Å². The first-order chi connectivity index (χ1) is 7.92. The highest BCUT2D eigenvalue weighted by Gasteiger charge is 2.28. The molecule has 6 nitrogen and oxygen atoms in total. The van der Waals surface area contributed by atoms with E-state index in [9.17, 15) is 0 Å². The van der Waals surface area contributed by atoms with Gasteiger partial charge in [-0.3, -0.25) is 9.58 Å². The first-order valence-corrected chi connectivity index (χ1v) is 5.47. The Hall–Kier alpha value is -1.69. The van der Waals surface area contributed by atoms with Gasteiger partial charge in [-0.2, -0.15) is 20.1 Å². The molecular formula is C10H14N6. The fraction of sp³-hybridized carbons (Fsp3) is 0.500. The average molecular weight is 218 g/mol. The van der Waals surface area contributed by atoms with E-state index >= 15 is 0 Å². The first kappa shape index (κ1) is 9.53. The summed E-state index contributed by atoms with van der Waals surface area (Å²) in [5, 5.41) is 12.5. The van der Waals surface area contributed by atoms with Crippen molar-refractivity contribution in [2.45, 2.75) is 12.6 Å². The lowest BCUT2D eigenvalue weighted by Gasteiger charge is -2.38. The lowest BCUT2D eigenvalue weighted by Crippen LogP contribution is -2.49. The second kappa shape index (κ2) is 4.05. The van der Waals surface area contributed by atoms with Gasteiger partial charge in [0.1, 0.15) is 0 Å². The third-order valence-corrected chi connectivity index (χ3v) is 2.91. The first-order valence-electron chi connectivity index (χ1n) is 5.47. The molecule has 0 atom stereocenters. The summed E-state index contributed by atoms with van der Waals surface area (Å²) >= 11 is 0. The van der Waals surface area contributed by atoms with Crippen molar-refractivity contribution in [3.63, 3.8) is 0 Å². The molecule has 0 spiro atoms. The van der Waals surface area contributed by atoms with Gasteiger partial charge in [0.05, 0.1) is 25.0 Å². The van der Waals surface area contributed by atoms with E-state index in [4.69, 9.17) is 0 Å². The van der Waals surface area contributed by atoms with Crippen LogP contribution in [0.2, 0.25) is 0 Å². The van der Waals surface area contributed by atoms with Gasteiger partial charge in [-0.05, 0) is 6.07 Å². The molecule has 0 amide bonds. The van der Waals surface area contributed by atoms with Crippen LogP contribution in [0.25, 0.3) is 0 Å². The molecule has 1 saturated heterocycles. The molecule has 0 N–H and O–H groups in total. The number of rotatable bonds is 4. The van der Waals surface area contributed by atoms with Gasteiger partial charge in [0.25, 0.3) is 0 Å². The number of likely N-dealkylation sites (tertiary alicyclic amines) is 1. The maximum Gasteiger partial charge on any atom is 0.0969 e. The smallest absolute Gasteiger partial charge is 0.0969 e. The topological polar surface area (TPSA) is 51.8 Å². The molecule has 0 saturated carbocycles. The number of nitrogens with zero attached hydrogens (tertiary/aromatic N) is 6. The van der Waals surface area contributed by atoms with E-state index < -0.39 is 0 Å². The Balaban J connectivity index is 1.44. The van der Waals surface area contributed by atoms with Crippen molar-refractivity contribution >= 4 is 0 Å². The van der Waals surface area contributed by atoms with Crippen LogP contribution < -0.4 is 0 Å². The van der Waals surface area contributed by atoms with Crippen LogP contribution >= 0.6 is 0 Å². The summed E-state index contributed by atoms with van der Waals surface area (Å²) in [6, 6.07) is 2.40. The van der Waals surface area contributed by atoms with E-state index in [1.165, 1.54) is 0 Å². The van der Waals surface area contributed by atoms with Crippen LogP contribution in [0.1, 0.15) is 6.04 Å². The molecule has 16 heavy (non-hydrogen) atoms. The second-order valence-corrected chi connectivity index (χ2v) is 4.03. The van der Waals surface area contributed by atoms with E-state index in [2.05, 4.69) is 20.2 Å². The van der Waals surface area contributed by atoms with Crippen LogP contribution in [0.3, 0.4) is 0 Å².